The van der Waals surface area contributed by atoms with Gasteiger partial charge in [0.1, 0.15) is 0 Å². The second kappa shape index (κ2) is 10.8. The van der Waals surface area contributed by atoms with E-state index in [0.717, 1.165) is 12.8 Å². The van der Waals surface area contributed by atoms with E-state index < -0.39 is 0 Å². The minimum Gasteiger partial charge on any atom is -0.0683 e. The van der Waals surface area contributed by atoms with Crippen molar-refractivity contribution < 1.29 is 0 Å². The van der Waals surface area contributed by atoms with Gasteiger partial charge in [0.25, 0.3) is 0 Å². The maximum absolute atomic E-state index is 2.32. The van der Waals surface area contributed by atoms with E-state index in [1.807, 2.05) is 13.8 Å². The van der Waals surface area contributed by atoms with Crippen LogP contribution in [-0.4, -0.2) is 0 Å². The molecule has 4 rings (SSSR count). The second-order valence-electron chi connectivity index (χ2n) is 7.77. The van der Waals surface area contributed by atoms with Gasteiger partial charge in [0, 0.05) is 0 Å². The molecule has 0 atom stereocenters. The first kappa shape index (κ1) is 22.6. The van der Waals surface area contributed by atoms with Crippen LogP contribution in [0, 0.1) is 6.92 Å². The SMILES string of the molecule is CC.CCc1ccc(-c2cc(-c3ccc(C)cc3)cc(-c3ccc(CC)cc3)c2)cc1. The molecule has 0 aliphatic rings. The summed E-state index contributed by atoms with van der Waals surface area (Å²) in [5.41, 5.74) is 11.6. The zero-order valence-corrected chi connectivity index (χ0v) is 19.6. The number of aryl methyl sites for hydroxylation is 3. The Hall–Kier alpha value is -3.12. The zero-order valence-electron chi connectivity index (χ0n) is 19.6. The van der Waals surface area contributed by atoms with Crippen LogP contribution in [0.1, 0.15) is 44.4 Å². The quantitative estimate of drug-likeness (QED) is 0.310. The Morgan fingerprint density at radius 3 is 1.00 bits per heavy atom. The third kappa shape index (κ3) is 5.52. The predicted molar refractivity (Wildman–Crippen MR) is 138 cm³/mol. The van der Waals surface area contributed by atoms with Crippen LogP contribution < -0.4 is 0 Å². The van der Waals surface area contributed by atoms with E-state index in [9.17, 15) is 0 Å². The lowest BCUT2D eigenvalue weighted by Gasteiger charge is -2.12. The fourth-order valence-electron chi connectivity index (χ4n) is 3.74. The molecule has 0 unspecified atom stereocenters. The van der Waals surface area contributed by atoms with E-state index in [2.05, 4.69) is 112 Å². The molecule has 0 saturated carbocycles. The van der Waals surface area contributed by atoms with E-state index in [0.29, 0.717) is 0 Å². The summed E-state index contributed by atoms with van der Waals surface area (Å²) < 4.78 is 0. The lowest BCUT2D eigenvalue weighted by Crippen LogP contribution is -1.88. The first-order valence-corrected chi connectivity index (χ1v) is 11.6. The number of rotatable bonds is 5. The van der Waals surface area contributed by atoms with E-state index in [4.69, 9.17) is 0 Å². The summed E-state index contributed by atoms with van der Waals surface area (Å²) in [5, 5.41) is 0. The summed E-state index contributed by atoms with van der Waals surface area (Å²) >= 11 is 0. The van der Waals surface area contributed by atoms with Crippen molar-refractivity contribution in [2.75, 3.05) is 0 Å². The highest BCUT2D eigenvalue weighted by Gasteiger charge is 2.08. The van der Waals surface area contributed by atoms with Gasteiger partial charge in [-0.2, -0.15) is 0 Å². The van der Waals surface area contributed by atoms with Crippen LogP contribution in [0.4, 0.5) is 0 Å². The van der Waals surface area contributed by atoms with Gasteiger partial charge in [-0.25, -0.2) is 0 Å². The van der Waals surface area contributed by atoms with Crippen molar-refractivity contribution in [3.8, 4) is 33.4 Å². The fraction of sp³-hybridized carbons (Fsp3) is 0.226. The molecule has 0 saturated heterocycles. The van der Waals surface area contributed by atoms with E-state index >= 15 is 0 Å². The maximum atomic E-state index is 2.32. The Kier molecular flexibility index (Phi) is 7.84. The lowest BCUT2D eigenvalue weighted by molar-refractivity contribution is 1.14. The van der Waals surface area contributed by atoms with Crippen LogP contribution in [0.25, 0.3) is 33.4 Å². The molecule has 158 valence electrons. The van der Waals surface area contributed by atoms with Gasteiger partial charge in [-0.1, -0.05) is 106 Å². The van der Waals surface area contributed by atoms with Crippen LogP contribution >= 0.6 is 0 Å². The minimum absolute atomic E-state index is 1.07. The molecule has 0 N–H and O–H groups in total. The summed E-state index contributed by atoms with van der Waals surface area (Å²) in [6.07, 6.45) is 2.14. The standard InChI is InChI=1S/C29H28.C2H6/c1-4-22-8-14-25(15-9-22)28-18-27(24-12-6-21(3)7-13-24)19-29(20-28)26-16-10-23(5-2)11-17-26;1-2/h6-20H,4-5H2,1-3H3;1-2H3. The van der Waals surface area contributed by atoms with Gasteiger partial charge >= 0.3 is 0 Å². The van der Waals surface area contributed by atoms with Gasteiger partial charge in [-0.05, 0) is 82.5 Å². The molecule has 0 aromatic heterocycles. The third-order valence-electron chi connectivity index (χ3n) is 5.71. The van der Waals surface area contributed by atoms with Crippen molar-refractivity contribution in [3.63, 3.8) is 0 Å². The summed E-state index contributed by atoms with van der Waals surface area (Å²) in [5.74, 6) is 0. The molecule has 4 aromatic carbocycles. The van der Waals surface area contributed by atoms with Gasteiger partial charge in [0.15, 0.2) is 0 Å². The summed E-state index contributed by atoms with van der Waals surface area (Å²) in [7, 11) is 0. The average Bonchev–Trinajstić information content (AvgIpc) is 2.85. The maximum Gasteiger partial charge on any atom is -0.0172 e. The van der Waals surface area contributed by atoms with E-state index in [1.165, 1.54) is 50.1 Å². The van der Waals surface area contributed by atoms with Crippen LogP contribution in [0.3, 0.4) is 0 Å². The van der Waals surface area contributed by atoms with Crippen molar-refractivity contribution in [3.05, 3.63) is 108 Å². The normalized spacial score (nSPS) is 10.4. The Bertz CT molecular complexity index is 1020. The Morgan fingerprint density at radius 2 is 0.710 bits per heavy atom. The van der Waals surface area contributed by atoms with Crippen molar-refractivity contribution in [1.29, 1.82) is 0 Å². The molecule has 0 bridgehead atoms. The monoisotopic (exact) mass is 406 g/mol. The van der Waals surface area contributed by atoms with Gasteiger partial charge in [-0.3, -0.25) is 0 Å². The van der Waals surface area contributed by atoms with Crippen LogP contribution in [0.5, 0.6) is 0 Å². The average molecular weight is 407 g/mol. The third-order valence-corrected chi connectivity index (χ3v) is 5.71. The summed E-state index contributed by atoms with van der Waals surface area (Å²) in [4.78, 5) is 0. The molecule has 0 fully saturated rings. The summed E-state index contributed by atoms with van der Waals surface area (Å²) in [6, 6.07) is 33.7. The van der Waals surface area contributed by atoms with Crippen molar-refractivity contribution >= 4 is 0 Å². The number of hydrogen-bond donors (Lipinski definition) is 0. The smallest absolute Gasteiger partial charge is 0.0172 e. The van der Waals surface area contributed by atoms with E-state index in [1.54, 1.807) is 0 Å². The minimum atomic E-state index is 1.07. The molecular formula is C31H34. The molecule has 0 aliphatic heterocycles. The highest BCUT2D eigenvalue weighted by molar-refractivity contribution is 5.81. The predicted octanol–water partition coefficient (Wildman–Crippen LogP) is 9.15. The molecule has 31 heavy (non-hydrogen) atoms. The fourth-order valence-corrected chi connectivity index (χ4v) is 3.74. The Labute approximate surface area is 188 Å². The molecular weight excluding hydrogens is 372 g/mol. The second-order valence-corrected chi connectivity index (χ2v) is 7.77. The first-order valence-electron chi connectivity index (χ1n) is 11.6. The molecule has 0 heterocycles. The van der Waals surface area contributed by atoms with Crippen LogP contribution in [0.15, 0.2) is 91.0 Å². The van der Waals surface area contributed by atoms with Crippen LogP contribution in [0.2, 0.25) is 0 Å². The molecule has 0 spiro atoms. The van der Waals surface area contributed by atoms with Crippen molar-refractivity contribution in [2.45, 2.75) is 47.5 Å². The molecule has 0 nitrogen and oxygen atoms in total. The largest absolute Gasteiger partial charge is 0.0683 e. The number of hydrogen-bond acceptors (Lipinski definition) is 0. The first-order chi connectivity index (χ1) is 15.2. The number of benzene rings is 4. The molecule has 4 aromatic rings. The molecule has 0 radical (unpaired) electrons. The van der Waals surface area contributed by atoms with Crippen molar-refractivity contribution in [2.24, 2.45) is 0 Å². The Morgan fingerprint density at radius 1 is 0.419 bits per heavy atom. The topological polar surface area (TPSA) is 0 Å². The molecule has 0 amide bonds. The highest BCUT2D eigenvalue weighted by Crippen LogP contribution is 2.33. The van der Waals surface area contributed by atoms with Gasteiger partial charge in [0.05, 0.1) is 0 Å². The van der Waals surface area contributed by atoms with Crippen molar-refractivity contribution in [1.82, 2.24) is 0 Å². The molecule has 0 aliphatic carbocycles. The van der Waals surface area contributed by atoms with Gasteiger partial charge in [0.2, 0.25) is 0 Å². The van der Waals surface area contributed by atoms with E-state index in [-0.39, 0.29) is 0 Å². The Balaban J connectivity index is 0.00000132. The van der Waals surface area contributed by atoms with Gasteiger partial charge in [-0.15, -0.1) is 0 Å². The van der Waals surface area contributed by atoms with Gasteiger partial charge < -0.3 is 0 Å². The lowest BCUT2D eigenvalue weighted by atomic mass is 9.92. The van der Waals surface area contributed by atoms with Crippen LogP contribution in [-0.2, 0) is 12.8 Å². The molecule has 0 heteroatoms. The zero-order chi connectivity index (χ0) is 22.2. The highest BCUT2D eigenvalue weighted by atomic mass is 14.1. The summed E-state index contributed by atoms with van der Waals surface area (Å²) in [6.45, 7) is 10.5.